The van der Waals surface area contributed by atoms with Gasteiger partial charge in [0, 0.05) is 31.2 Å². The Hall–Kier alpha value is -2.82. The van der Waals surface area contributed by atoms with E-state index in [-0.39, 0.29) is 11.6 Å². The summed E-state index contributed by atoms with van der Waals surface area (Å²) in [6, 6.07) is 33.4. The fourth-order valence-corrected chi connectivity index (χ4v) is 3.57. The highest BCUT2D eigenvalue weighted by atomic mass is 79.9. The Kier molecular flexibility index (Phi) is 7.89. The molecule has 0 amide bonds. The van der Waals surface area contributed by atoms with Crippen LogP contribution in [0.4, 0.5) is 0 Å². The predicted molar refractivity (Wildman–Crippen MR) is 128 cm³/mol. The second-order valence-electron chi connectivity index (χ2n) is 6.41. The zero-order chi connectivity index (χ0) is 21.3. The molecule has 4 heteroatoms. The Morgan fingerprint density at radius 3 is 1.10 bits per heavy atom. The van der Waals surface area contributed by atoms with Crippen molar-refractivity contribution in [3.63, 3.8) is 0 Å². The van der Waals surface area contributed by atoms with E-state index in [1.807, 2.05) is 109 Å². The first-order chi connectivity index (χ1) is 14.5. The minimum absolute atomic E-state index is 0.0527. The van der Waals surface area contributed by atoms with Crippen LogP contribution in [0, 0.1) is 0 Å². The van der Waals surface area contributed by atoms with Gasteiger partial charge in [-0.25, -0.2) is 0 Å². The molecule has 0 radical (unpaired) electrons. The molecule has 0 spiro atoms. The fourth-order valence-electron chi connectivity index (χ4n) is 2.77. The summed E-state index contributed by atoms with van der Waals surface area (Å²) in [6.07, 6.45) is 0. The minimum Gasteiger partial charge on any atom is -0.289 e. The van der Waals surface area contributed by atoms with Gasteiger partial charge < -0.3 is 0 Å². The summed E-state index contributed by atoms with van der Waals surface area (Å²) in [5, 5.41) is 0. The maximum atomic E-state index is 12.0. The van der Waals surface area contributed by atoms with Gasteiger partial charge in [-0.1, -0.05) is 117 Å². The Morgan fingerprint density at radius 2 is 0.767 bits per heavy atom. The molecule has 0 unspecified atom stereocenters. The third-order valence-electron chi connectivity index (χ3n) is 4.25. The minimum atomic E-state index is 0.0527. The van der Waals surface area contributed by atoms with Gasteiger partial charge in [0.05, 0.1) is 0 Å². The van der Waals surface area contributed by atoms with Crippen LogP contribution in [0.15, 0.2) is 118 Å². The Labute approximate surface area is 192 Å². The summed E-state index contributed by atoms with van der Waals surface area (Å²) in [5.74, 6) is 0.105. The van der Waals surface area contributed by atoms with E-state index in [4.69, 9.17) is 0 Å². The number of hydrogen-bond acceptors (Lipinski definition) is 2. The molecule has 0 bridgehead atoms. The van der Waals surface area contributed by atoms with Gasteiger partial charge in [0.1, 0.15) is 0 Å². The van der Waals surface area contributed by atoms with Crippen molar-refractivity contribution in [2.24, 2.45) is 0 Å². The molecule has 0 N–H and O–H groups in total. The molecule has 4 aromatic carbocycles. The second kappa shape index (κ2) is 10.8. The van der Waals surface area contributed by atoms with E-state index in [0.29, 0.717) is 11.1 Å². The number of hydrogen-bond donors (Lipinski definition) is 0. The summed E-state index contributed by atoms with van der Waals surface area (Å²) >= 11 is 6.70. The average molecular weight is 522 g/mol. The van der Waals surface area contributed by atoms with Crippen LogP contribution in [-0.4, -0.2) is 11.6 Å². The maximum Gasteiger partial charge on any atom is 0.193 e. The molecule has 0 aliphatic carbocycles. The molecule has 0 aliphatic heterocycles. The molecule has 2 nitrogen and oxygen atoms in total. The quantitative estimate of drug-likeness (QED) is 0.263. The van der Waals surface area contributed by atoms with Crippen LogP contribution in [0.2, 0.25) is 0 Å². The van der Waals surface area contributed by atoms with Gasteiger partial charge >= 0.3 is 0 Å². The number of carbonyl (C=O) groups is 2. The lowest BCUT2D eigenvalue weighted by Crippen LogP contribution is -2.00. The molecule has 0 aliphatic rings. The lowest BCUT2D eigenvalue weighted by molar-refractivity contribution is 0.103. The molecule has 0 saturated carbocycles. The van der Waals surface area contributed by atoms with Gasteiger partial charge in [-0.05, 0) is 24.3 Å². The molecule has 4 aromatic rings. The molecule has 0 aromatic heterocycles. The Bertz CT molecular complexity index is 1050. The van der Waals surface area contributed by atoms with Gasteiger partial charge in [-0.3, -0.25) is 9.59 Å². The number of ketones is 2. The number of rotatable bonds is 4. The van der Waals surface area contributed by atoms with E-state index in [2.05, 4.69) is 31.9 Å². The first-order valence-electron chi connectivity index (χ1n) is 9.25. The van der Waals surface area contributed by atoms with Crippen LogP contribution in [-0.2, 0) is 0 Å². The average Bonchev–Trinajstić information content (AvgIpc) is 2.80. The van der Waals surface area contributed by atoms with Gasteiger partial charge in [0.2, 0.25) is 0 Å². The third kappa shape index (κ3) is 6.09. The van der Waals surface area contributed by atoms with Crippen molar-refractivity contribution in [2.75, 3.05) is 0 Å². The summed E-state index contributed by atoms with van der Waals surface area (Å²) < 4.78 is 1.84. The molecule has 148 valence electrons. The summed E-state index contributed by atoms with van der Waals surface area (Å²) in [5.41, 5.74) is 2.84. The van der Waals surface area contributed by atoms with E-state index in [1.165, 1.54) is 0 Å². The molecule has 0 saturated heterocycles. The maximum absolute atomic E-state index is 12.0. The van der Waals surface area contributed by atoms with Crippen molar-refractivity contribution in [1.82, 2.24) is 0 Å². The molecule has 30 heavy (non-hydrogen) atoms. The van der Waals surface area contributed by atoms with Gasteiger partial charge in [0.25, 0.3) is 0 Å². The summed E-state index contributed by atoms with van der Waals surface area (Å²) in [4.78, 5) is 24.0. The molecular formula is C26H18Br2O2. The standard InChI is InChI=1S/2C13H9BrO/c2*14-12-8-4-7-11(9-12)13(15)10-5-2-1-3-6-10/h2*1-9H. The highest BCUT2D eigenvalue weighted by molar-refractivity contribution is 9.10. The summed E-state index contributed by atoms with van der Waals surface area (Å²) in [6.45, 7) is 0. The topological polar surface area (TPSA) is 34.1 Å². The predicted octanol–water partition coefficient (Wildman–Crippen LogP) is 7.36. The second-order valence-corrected chi connectivity index (χ2v) is 8.24. The number of benzene rings is 4. The molecular weight excluding hydrogens is 504 g/mol. The van der Waals surface area contributed by atoms with Gasteiger partial charge in [-0.2, -0.15) is 0 Å². The van der Waals surface area contributed by atoms with Gasteiger partial charge in [-0.15, -0.1) is 0 Å². The normalized spacial score (nSPS) is 9.93. The first kappa shape index (κ1) is 21.9. The van der Waals surface area contributed by atoms with Crippen LogP contribution < -0.4 is 0 Å². The van der Waals surface area contributed by atoms with Crippen molar-refractivity contribution in [1.29, 1.82) is 0 Å². The van der Waals surface area contributed by atoms with Crippen LogP contribution in [0.5, 0.6) is 0 Å². The van der Waals surface area contributed by atoms with Crippen molar-refractivity contribution in [2.45, 2.75) is 0 Å². The number of halogens is 2. The van der Waals surface area contributed by atoms with Crippen LogP contribution in [0.1, 0.15) is 31.8 Å². The fraction of sp³-hybridized carbons (Fsp3) is 0. The van der Waals surface area contributed by atoms with E-state index < -0.39 is 0 Å². The summed E-state index contributed by atoms with van der Waals surface area (Å²) in [7, 11) is 0. The highest BCUT2D eigenvalue weighted by Gasteiger charge is 2.08. The van der Waals surface area contributed by atoms with Crippen molar-refractivity contribution >= 4 is 43.4 Å². The van der Waals surface area contributed by atoms with Crippen LogP contribution in [0.3, 0.4) is 0 Å². The SMILES string of the molecule is O=C(c1ccccc1)c1cccc(Br)c1.O=C(c1ccccc1)c1cccc(Br)c1. The van der Waals surface area contributed by atoms with E-state index in [9.17, 15) is 9.59 Å². The molecule has 0 heterocycles. The van der Waals surface area contributed by atoms with Crippen LogP contribution in [0.25, 0.3) is 0 Å². The van der Waals surface area contributed by atoms with Crippen molar-refractivity contribution in [3.05, 3.63) is 140 Å². The first-order valence-corrected chi connectivity index (χ1v) is 10.8. The monoisotopic (exact) mass is 520 g/mol. The van der Waals surface area contributed by atoms with Gasteiger partial charge in [0.15, 0.2) is 11.6 Å². The molecule has 0 atom stereocenters. The van der Waals surface area contributed by atoms with E-state index in [0.717, 1.165) is 20.1 Å². The largest absolute Gasteiger partial charge is 0.289 e. The number of carbonyl (C=O) groups excluding carboxylic acids is 2. The third-order valence-corrected chi connectivity index (χ3v) is 5.23. The van der Waals surface area contributed by atoms with Crippen LogP contribution >= 0.6 is 31.9 Å². The zero-order valence-electron chi connectivity index (χ0n) is 16.0. The smallest absolute Gasteiger partial charge is 0.193 e. The molecule has 0 fully saturated rings. The lowest BCUT2D eigenvalue weighted by Gasteiger charge is -2.00. The van der Waals surface area contributed by atoms with E-state index in [1.54, 1.807) is 0 Å². The highest BCUT2D eigenvalue weighted by Crippen LogP contribution is 2.16. The molecule has 4 rings (SSSR count). The Balaban J connectivity index is 0.000000171. The van der Waals surface area contributed by atoms with E-state index >= 15 is 0 Å². The lowest BCUT2D eigenvalue weighted by atomic mass is 10.0. The van der Waals surface area contributed by atoms with Crippen molar-refractivity contribution in [3.8, 4) is 0 Å². The van der Waals surface area contributed by atoms with Crippen molar-refractivity contribution < 1.29 is 9.59 Å². The zero-order valence-corrected chi connectivity index (χ0v) is 19.1. The Morgan fingerprint density at radius 1 is 0.433 bits per heavy atom.